The van der Waals surface area contributed by atoms with Crippen LogP contribution in [-0.4, -0.2) is 142 Å². The van der Waals surface area contributed by atoms with Gasteiger partial charge in [-0.2, -0.15) is 0 Å². The third kappa shape index (κ3) is 11.9. The van der Waals surface area contributed by atoms with Crippen molar-refractivity contribution in [3.8, 4) is 5.75 Å². The van der Waals surface area contributed by atoms with Gasteiger partial charge in [-0.1, -0.05) is 59.8 Å². The van der Waals surface area contributed by atoms with Gasteiger partial charge in [0.25, 0.3) is 0 Å². The maximum absolute atomic E-state index is 14.4. The van der Waals surface area contributed by atoms with Gasteiger partial charge in [-0.3, -0.25) is 24.2 Å². The topological polar surface area (TPSA) is 178 Å². The number of nitrogens with one attached hydrogen (secondary N) is 1. The number of thioether (sulfide) groups is 1. The van der Waals surface area contributed by atoms with Crippen LogP contribution in [0.2, 0.25) is 0 Å². The molecule has 4 rings (SSSR count). The number of aliphatic hydroxyl groups excluding tert-OH is 2. The summed E-state index contributed by atoms with van der Waals surface area (Å²) in [6.45, 7) is 17.1. The molecule has 3 aliphatic heterocycles. The number of fused-ring (bicyclic) bond motifs is 1. The molecule has 0 saturated carbocycles. The molecule has 1 aromatic carbocycles. The van der Waals surface area contributed by atoms with E-state index in [-0.39, 0.29) is 35.6 Å². The molecule has 334 valence electrons. The summed E-state index contributed by atoms with van der Waals surface area (Å²) in [5.41, 5.74) is 0.893. The van der Waals surface area contributed by atoms with Crippen LogP contribution in [0.5, 0.6) is 5.75 Å². The maximum atomic E-state index is 14.4. The van der Waals surface area contributed by atoms with Gasteiger partial charge >= 0.3 is 5.97 Å². The number of carbonyl (C=O) groups excluding carboxylic acids is 5. The number of hydrogen-bond acceptors (Lipinski definition) is 11. The molecule has 0 spiro atoms. The molecular formula is C45H69N5O9S. The van der Waals surface area contributed by atoms with Gasteiger partial charge in [0.05, 0.1) is 30.4 Å². The van der Waals surface area contributed by atoms with Gasteiger partial charge in [-0.25, -0.2) is 4.79 Å². The smallest absolute Gasteiger partial charge is 0.329 e. The number of benzene rings is 1. The van der Waals surface area contributed by atoms with Crippen LogP contribution in [0.4, 0.5) is 0 Å². The Hall–Kier alpha value is -3.95. The van der Waals surface area contributed by atoms with Crippen LogP contribution in [0.15, 0.2) is 40.9 Å². The predicted molar refractivity (Wildman–Crippen MR) is 233 cm³/mol. The Morgan fingerprint density at radius 1 is 1.07 bits per heavy atom. The minimum atomic E-state index is -1.06. The molecule has 3 N–H and O–H groups in total. The fourth-order valence-electron chi connectivity index (χ4n) is 8.04. The van der Waals surface area contributed by atoms with E-state index in [1.165, 1.54) is 21.7 Å². The quantitative estimate of drug-likeness (QED) is 0.161. The Kier molecular flexibility index (Phi) is 16.8. The fraction of sp³-hybridized carbons (Fsp3) is 0.689. The zero-order chi connectivity index (χ0) is 44.8. The molecule has 0 aliphatic carbocycles. The highest BCUT2D eigenvalue weighted by atomic mass is 32.2. The van der Waals surface area contributed by atoms with E-state index in [0.29, 0.717) is 49.3 Å². The van der Waals surface area contributed by atoms with E-state index in [4.69, 9.17) is 14.5 Å². The third-order valence-corrected chi connectivity index (χ3v) is 13.9. The van der Waals surface area contributed by atoms with Crippen LogP contribution in [0.25, 0.3) is 0 Å². The molecule has 60 heavy (non-hydrogen) atoms. The Labute approximate surface area is 360 Å². The van der Waals surface area contributed by atoms with Crippen molar-refractivity contribution in [2.24, 2.45) is 28.2 Å². The van der Waals surface area contributed by atoms with E-state index >= 15 is 0 Å². The largest absolute Gasteiger partial charge is 0.497 e. The minimum Gasteiger partial charge on any atom is -0.497 e. The van der Waals surface area contributed by atoms with Gasteiger partial charge < -0.3 is 39.7 Å². The maximum Gasteiger partial charge on any atom is 0.329 e. The number of rotatable bonds is 16. The number of carbonyl (C=O) groups is 5. The number of esters is 1. The number of hydrogen-bond donors (Lipinski definition) is 3. The second kappa shape index (κ2) is 20.7. The van der Waals surface area contributed by atoms with Crippen molar-refractivity contribution in [3.63, 3.8) is 0 Å². The zero-order valence-corrected chi connectivity index (χ0v) is 38.5. The lowest BCUT2D eigenvalue weighted by molar-refractivity contribution is -0.170. The molecule has 3 aliphatic rings. The highest BCUT2D eigenvalue weighted by Gasteiger charge is 2.47. The number of amides is 4. The second-order valence-electron chi connectivity index (χ2n) is 18.3. The second-order valence-corrected chi connectivity index (χ2v) is 19.3. The van der Waals surface area contributed by atoms with Crippen molar-refractivity contribution >= 4 is 46.4 Å². The lowest BCUT2D eigenvalue weighted by Gasteiger charge is -2.42. The lowest BCUT2D eigenvalue weighted by atomic mass is 9.82. The van der Waals surface area contributed by atoms with Gasteiger partial charge in [0.2, 0.25) is 23.6 Å². The number of cyclic esters (lactones) is 1. The lowest BCUT2D eigenvalue weighted by Crippen LogP contribution is -2.61. The van der Waals surface area contributed by atoms with Crippen molar-refractivity contribution in [2.75, 3.05) is 33.5 Å². The summed E-state index contributed by atoms with van der Waals surface area (Å²) >= 11 is 1.55. The number of ether oxygens (including phenoxy) is 2. The molecule has 14 nitrogen and oxygen atoms in total. The monoisotopic (exact) mass is 855 g/mol. The van der Waals surface area contributed by atoms with Gasteiger partial charge in [-0.15, -0.1) is 11.8 Å². The molecule has 2 fully saturated rings. The van der Waals surface area contributed by atoms with Crippen LogP contribution in [-0.2, 0) is 35.1 Å². The van der Waals surface area contributed by atoms with Crippen LogP contribution in [0.3, 0.4) is 0 Å². The molecule has 11 atom stereocenters. The SMILES string of the molecule is COc1ccc(C[C@H](NC(=O)C(C)=C[C@H]2CSC([C@@H](C)[C@@H](O)C[C@H](C)C[C@H](O)C(C)(C)C)=N2)C(=O)N(C)[C@@H](C)C(=O)N(C)[C@@H]2C(=O)N3CCC[C@H]3C(=O)OC(C)[C@@H]2C)cc1. The zero-order valence-electron chi connectivity index (χ0n) is 37.6. The summed E-state index contributed by atoms with van der Waals surface area (Å²) in [5, 5.41) is 25.4. The first kappa shape index (κ1) is 48.7. The van der Waals surface area contributed by atoms with Gasteiger partial charge in [0.1, 0.15) is 36.0 Å². The predicted octanol–water partition coefficient (Wildman–Crippen LogP) is 4.25. The molecule has 0 bridgehead atoms. The van der Waals surface area contributed by atoms with E-state index in [0.717, 1.165) is 10.6 Å². The van der Waals surface area contributed by atoms with Crippen molar-refractivity contribution < 1.29 is 43.7 Å². The minimum absolute atomic E-state index is 0.115. The van der Waals surface area contributed by atoms with Gasteiger partial charge in [-0.05, 0) is 75.5 Å². The molecular weight excluding hydrogens is 787 g/mol. The molecule has 3 heterocycles. The number of aliphatic hydroxyl groups is 2. The first-order valence-corrected chi connectivity index (χ1v) is 22.3. The average molecular weight is 856 g/mol. The number of aliphatic imine (C=N–C) groups is 1. The Bertz CT molecular complexity index is 1760. The first-order chi connectivity index (χ1) is 28.0. The van der Waals surface area contributed by atoms with Gasteiger partial charge in [0.15, 0.2) is 0 Å². The number of methoxy groups -OCH3 is 1. The highest BCUT2D eigenvalue weighted by Crippen LogP contribution is 2.32. The Morgan fingerprint density at radius 2 is 1.72 bits per heavy atom. The Morgan fingerprint density at radius 3 is 2.33 bits per heavy atom. The van der Waals surface area contributed by atoms with Crippen LogP contribution in [0.1, 0.15) is 93.6 Å². The van der Waals surface area contributed by atoms with E-state index in [9.17, 15) is 34.2 Å². The molecule has 0 radical (unpaired) electrons. The summed E-state index contributed by atoms with van der Waals surface area (Å²) in [5.74, 6) is -1.56. The van der Waals surface area contributed by atoms with E-state index in [2.05, 4.69) is 5.32 Å². The van der Waals surface area contributed by atoms with Crippen LogP contribution in [0, 0.1) is 23.2 Å². The normalized spacial score (nSPS) is 25.4. The molecule has 4 amide bonds. The molecule has 1 unspecified atom stereocenters. The Balaban J connectivity index is 1.48. The van der Waals surface area contributed by atoms with Crippen molar-refractivity contribution in [1.29, 1.82) is 0 Å². The fourth-order valence-corrected chi connectivity index (χ4v) is 9.18. The van der Waals surface area contributed by atoms with Crippen molar-refractivity contribution in [3.05, 3.63) is 41.5 Å². The summed E-state index contributed by atoms with van der Waals surface area (Å²) < 4.78 is 11.0. The van der Waals surface area contributed by atoms with E-state index in [1.54, 1.807) is 71.8 Å². The highest BCUT2D eigenvalue weighted by molar-refractivity contribution is 8.14. The molecule has 0 aromatic heterocycles. The van der Waals surface area contributed by atoms with Crippen LogP contribution >= 0.6 is 11.8 Å². The van der Waals surface area contributed by atoms with Crippen molar-refractivity contribution in [2.45, 2.75) is 143 Å². The number of nitrogens with zero attached hydrogens (tertiary/aromatic N) is 4. The molecule has 15 heteroatoms. The summed E-state index contributed by atoms with van der Waals surface area (Å²) in [4.78, 5) is 78.1. The van der Waals surface area contributed by atoms with Crippen molar-refractivity contribution in [1.82, 2.24) is 20.0 Å². The summed E-state index contributed by atoms with van der Waals surface area (Å²) in [6.07, 6.45) is 2.45. The average Bonchev–Trinajstić information content (AvgIpc) is 3.89. The standard InChI is InChI=1S/C45H69N5O9S/c1-25(21-37(52)45(7,8)9)20-36(51)28(4)40-46-32(24-60-40)22-26(2)39(53)47-34(23-31-15-17-33(58-12)18-16-31)42(55)48(10)29(5)41(54)49(11)38-27(3)30(6)59-44(57)35-14-13-19-50(35)43(38)56/h15-18,22,25,27-30,32,34-38,51-52H,13-14,19-21,23-24H2,1-12H3,(H,47,53)/t25-,27-,28-,29-,30?,32-,34-,35-,36-,37-,38-/m0/s1. The molecule has 1 aromatic rings. The van der Waals surface area contributed by atoms with E-state index < -0.39 is 72.1 Å². The molecule has 2 saturated heterocycles. The number of likely N-dealkylation sites (N-methyl/N-ethyl adjacent to an activating group) is 2. The van der Waals surface area contributed by atoms with Gasteiger partial charge in [0, 0.05) is 50.2 Å². The van der Waals surface area contributed by atoms with E-state index in [1.807, 2.05) is 46.8 Å². The summed E-state index contributed by atoms with van der Waals surface area (Å²) in [6, 6.07) is 3.18. The summed E-state index contributed by atoms with van der Waals surface area (Å²) in [7, 11) is 4.61. The van der Waals surface area contributed by atoms with Crippen LogP contribution < -0.4 is 10.1 Å². The third-order valence-electron chi connectivity index (χ3n) is 12.6. The first-order valence-electron chi connectivity index (χ1n) is 21.3.